The van der Waals surface area contributed by atoms with Crippen LogP contribution in [0.4, 0.5) is 0 Å². The Morgan fingerprint density at radius 3 is 2.70 bits per heavy atom. The number of carbonyl (C=O) groups excluding carboxylic acids is 1. The Labute approximate surface area is 122 Å². The van der Waals surface area contributed by atoms with Crippen molar-refractivity contribution in [1.29, 1.82) is 0 Å². The Morgan fingerprint density at radius 1 is 1.35 bits per heavy atom. The summed E-state index contributed by atoms with van der Waals surface area (Å²) in [5, 5.41) is 14.1. The van der Waals surface area contributed by atoms with Crippen LogP contribution in [0.5, 0.6) is 0 Å². The summed E-state index contributed by atoms with van der Waals surface area (Å²) in [7, 11) is 0. The maximum atomic E-state index is 12.2. The molecule has 1 heterocycles. The first-order valence-corrected chi connectivity index (χ1v) is 7.72. The average molecular weight is 293 g/mol. The monoisotopic (exact) mass is 293 g/mol. The highest BCUT2D eigenvalue weighted by Crippen LogP contribution is 2.26. The molecule has 2 unspecified atom stereocenters. The minimum Gasteiger partial charge on any atom is -0.481 e. The van der Waals surface area contributed by atoms with Gasteiger partial charge >= 0.3 is 5.97 Å². The number of aliphatic carboxylic acids is 1. The maximum Gasteiger partial charge on any atom is 0.307 e. The lowest BCUT2D eigenvalue weighted by molar-refractivity contribution is -0.147. The van der Waals surface area contributed by atoms with Crippen LogP contribution < -0.4 is 5.32 Å². The molecule has 5 heteroatoms. The maximum absolute atomic E-state index is 12.2. The zero-order chi connectivity index (χ0) is 14.5. The van der Waals surface area contributed by atoms with E-state index in [1.54, 1.807) is 11.3 Å². The van der Waals surface area contributed by atoms with Crippen molar-refractivity contribution >= 4 is 23.2 Å². The number of allylic oxidation sites excluding steroid dienone is 2. The molecule has 0 spiro atoms. The number of hydrogen-bond donors (Lipinski definition) is 2. The topological polar surface area (TPSA) is 66.4 Å². The van der Waals surface area contributed by atoms with Crippen LogP contribution in [-0.2, 0) is 22.6 Å². The second-order valence-electron chi connectivity index (χ2n) is 4.93. The molecular weight excluding hydrogens is 274 g/mol. The lowest BCUT2D eigenvalue weighted by Crippen LogP contribution is -2.38. The van der Waals surface area contributed by atoms with E-state index < -0.39 is 17.8 Å². The van der Waals surface area contributed by atoms with Gasteiger partial charge in [0.1, 0.15) is 0 Å². The fraction of sp³-hybridized carbons (Fsp3) is 0.467. The van der Waals surface area contributed by atoms with Gasteiger partial charge in [-0.05, 0) is 36.3 Å². The second kappa shape index (κ2) is 6.70. The smallest absolute Gasteiger partial charge is 0.307 e. The quantitative estimate of drug-likeness (QED) is 0.820. The minimum atomic E-state index is -0.889. The van der Waals surface area contributed by atoms with Crippen LogP contribution in [0.2, 0.25) is 0 Å². The molecule has 2 N–H and O–H groups in total. The predicted octanol–water partition coefficient (Wildman–Crippen LogP) is 2.59. The van der Waals surface area contributed by atoms with Gasteiger partial charge in [0.05, 0.1) is 18.4 Å². The van der Waals surface area contributed by atoms with Crippen molar-refractivity contribution in [2.45, 2.75) is 32.7 Å². The van der Waals surface area contributed by atoms with Crippen LogP contribution in [0.25, 0.3) is 0 Å². The molecule has 0 saturated heterocycles. The standard InChI is InChI=1S/C15H19NO3S/c1-2-10-7-8-20-13(10)9-16-14(17)11-5-3-4-6-12(11)15(18)19/h3-4,7-8,11-12H,2,5-6,9H2,1H3,(H,16,17)(H,18,19). The molecule has 108 valence electrons. The van der Waals surface area contributed by atoms with E-state index in [0.717, 1.165) is 11.3 Å². The number of aryl methyl sites for hydroxylation is 1. The lowest BCUT2D eigenvalue weighted by atomic mass is 9.82. The van der Waals surface area contributed by atoms with Gasteiger partial charge in [-0.25, -0.2) is 0 Å². The molecule has 4 nitrogen and oxygen atoms in total. The van der Waals surface area contributed by atoms with Crippen molar-refractivity contribution in [2.75, 3.05) is 0 Å². The molecule has 1 aromatic heterocycles. The van der Waals surface area contributed by atoms with Gasteiger partial charge in [0.2, 0.25) is 5.91 Å². The van der Waals surface area contributed by atoms with Gasteiger partial charge in [-0.3, -0.25) is 9.59 Å². The van der Waals surface area contributed by atoms with Gasteiger partial charge in [0, 0.05) is 4.88 Å². The van der Waals surface area contributed by atoms with E-state index >= 15 is 0 Å². The molecule has 1 aromatic rings. The number of carboxylic acid groups (broad SMARTS) is 1. The van der Waals surface area contributed by atoms with Crippen molar-refractivity contribution in [1.82, 2.24) is 5.32 Å². The van der Waals surface area contributed by atoms with E-state index in [0.29, 0.717) is 19.4 Å². The summed E-state index contributed by atoms with van der Waals surface area (Å²) >= 11 is 1.62. The first kappa shape index (κ1) is 14.8. The highest BCUT2D eigenvalue weighted by Gasteiger charge is 2.33. The van der Waals surface area contributed by atoms with Gasteiger partial charge in [0.15, 0.2) is 0 Å². The number of carbonyl (C=O) groups is 2. The Morgan fingerprint density at radius 2 is 2.05 bits per heavy atom. The van der Waals surface area contributed by atoms with Crippen LogP contribution in [0.15, 0.2) is 23.6 Å². The van der Waals surface area contributed by atoms with Crippen molar-refractivity contribution < 1.29 is 14.7 Å². The van der Waals surface area contributed by atoms with Gasteiger partial charge in [-0.2, -0.15) is 0 Å². The molecule has 0 aromatic carbocycles. The number of amides is 1. The molecule has 1 amide bonds. The van der Waals surface area contributed by atoms with Crippen LogP contribution in [0.1, 0.15) is 30.2 Å². The third-order valence-corrected chi connectivity index (χ3v) is 4.69. The molecule has 2 atom stereocenters. The highest BCUT2D eigenvalue weighted by atomic mass is 32.1. The summed E-state index contributed by atoms with van der Waals surface area (Å²) in [5.74, 6) is -2.10. The number of thiophene rings is 1. The van der Waals surface area contributed by atoms with Gasteiger partial charge in [-0.1, -0.05) is 19.1 Å². The van der Waals surface area contributed by atoms with Crippen LogP contribution in [0.3, 0.4) is 0 Å². The number of nitrogens with one attached hydrogen (secondary N) is 1. The van der Waals surface area contributed by atoms with Crippen LogP contribution in [0, 0.1) is 11.8 Å². The third kappa shape index (κ3) is 3.28. The van der Waals surface area contributed by atoms with E-state index in [-0.39, 0.29) is 5.91 Å². The highest BCUT2D eigenvalue weighted by molar-refractivity contribution is 7.10. The SMILES string of the molecule is CCc1ccsc1CNC(=O)C1CC=CCC1C(=O)O. The molecule has 20 heavy (non-hydrogen) atoms. The summed E-state index contributed by atoms with van der Waals surface area (Å²) in [4.78, 5) is 24.5. The van der Waals surface area contributed by atoms with Crippen molar-refractivity contribution in [3.63, 3.8) is 0 Å². The molecule has 2 rings (SSSR count). The zero-order valence-corrected chi connectivity index (χ0v) is 12.3. The average Bonchev–Trinajstić information content (AvgIpc) is 2.92. The normalized spacial score (nSPS) is 21.6. The Balaban J connectivity index is 1.97. The summed E-state index contributed by atoms with van der Waals surface area (Å²) in [6, 6.07) is 2.07. The zero-order valence-electron chi connectivity index (χ0n) is 11.5. The fourth-order valence-corrected chi connectivity index (χ4v) is 3.43. The predicted molar refractivity (Wildman–Crippen MR) is 78.5 cm³/mol. The molecule has 0 fully saturated rings. The largest absolute Gasteiger partial charge is 0.481 e. The number of hydrogen-bond acceptors (Lipinski definition) is 3. The van der Waals surface area contributed by atoms with Crippen molar-refractivity contribution in [3.05, 3.63) is 34.0 Å². The molecule has 0 saturated carbocycles. The Hall–Kier alpha value is -1.62. The Kier molecular flexibility index (Phi) is 4.95. The van der Waals surface area contributed by atoms with E-state index in [2.05, 4.69) is 18.3 Å². The van der Waals surface area contributed by atoms with E-state index in [4.69, 9.17) is 0 Å². The third-order valence-electron chi connectivity index (χ3n) is 3.73. The second-order valence-corrected chi connectivity index (χ2v) is 5.94. The molecule has 1 aliphatic carbocycles. The summed E-state index contributed by atoms with van der Waals surface area (Å²) < 4.78 is 0. The van der Waals surface area contributed by atoms with Crippen molar-refractivity contribution in [3.8, 4) is 0 Å². The lowest BCUT2D eigenvalue weighted by Gasteiger charge is -2.24. The van der Waals surface area contributed by atoms with Crippen molar-refractivity contribution in [2.24, 2.45) is 11.8 Å². The van der Waals surface area contributed by atoms with E-state index in [1.807, 2.05) is 17.5 Å². The molecule has 0 bridgehead atoms. The van der Waals surface area contributed by atoms with Gasteiger partial charge in [0.25, 0.3) is 0 Å². The Bertz CT molecular complexity index is 521. The van der Waals surface area contributed by atoms with Crippen LogP contribution in [-0.4, -0.2) is 17.0 Å². The summed E-state index contributed by atoms with van der Waals surface area (Å²) in [6.45, 7) is 2.58. The fourth-order valence-electron chi connectivity index (χ4n) is 2.51. The first-order valence-electron chi connectivity index (χ1n) is 6.84. The van der Waals surface area contributed by atoms with Gasteiger partial charge < -0.3 is 10.4 Å². The minimum absolute atomic E-state index is 0.155. The summed E-state index contributed by atoms with van der Waals surface area (Å²) in [5.41, 5.74) is 1.24. The molecule has 1 aliphatic rings. The molecule has 0 radical (unpaired) electrons. The van der Waals surface area contributed by atoms with Gasteiger partial charge in [-0.15, -0.1) is 11.3 Å². The molecule has 0 aliphatic heterocycles. The number of carboxylic acids is 1. The first-order chi connectivity index (χ1) is 9.63. The molecular formula is C15H19NO3S. The van der Waals surface area contributed by atoms with E-state index in [1.165, 1.54) is 5.56 Å². The number of rotatable bonds is 5. The van der Waals surface area contributed by atoms with E-state index in [9.17, 15) is 14.7 Å². The van der Waals surface area contributed by atoms with Crippen LogP contribution >= 0.6 is 11.3 Å². The summed E-state index contributed by atoms with van der Waals surface area (Å²) in [6.07, 6.45) is 5.63.